The van der Waals surface area contributed by atoms with Crippen molar-refractivity contribution in [2.75, 3.05) is 38.6 Å². The van der Waals surface area contributed by atoms with Crippen LogP contribution >= 0.6 is 0 Å². The second kappa shape index (κ2) is 14.0. The Morgan fingerprint density at radius 2 is 1.66 bits per heavy atom. The summed E-state index contributed by atoms with van der Waals surface area (Å²) >= 11 is 0. The van der Waals surface area contributed by atoms with Gasteiger partial charge in [-0.2, -0.15) is 4.98 Å². The van der Waals surface area contributed by atoms with Gasteiger partial charge in [0.25, 0.3) is 0 Å². The quantitative estimate of drug-likeness (QED) is 0.164. The topological polar surface area (TPSA) is 116 Å². The van der Waals surface area contributed by atoms with Crippen molar-refractivity contribution in [1.29, 1.82) is 0 Å². The van der Waals surface area contributed by atoms with Crippen molar-refractivity contribution >= 4 is 22.4 Å². The third-order valence-corrected chi connectivity index (χ3v) is 10.4. The predicted molar refractivity (Wildman–Crippen MR) is 194 cm³/mol. The number of pyridine rings is 3. The van der Waals surface area contributed by atoms with Gasteiger partial charge in [0.05, 0.1) is 19.3 Å². The third kappa shape index (κ3) is 6.64. The molecule has 5 aromatic rings. The molecule has 0 unspecified atom stereocenters. The summed E-state index contributed by atoms with van der Waals surface area (Å²) in [6, 6.07) is 21.0. The summed E-state index contributed by atoms with van der Waals surface area (Å²) in [6.07, 6.45) is 6.56. The number of nitrogens with zero attached hydrogens (tertiary/aromatic N) is 5. The van der Waals surface area contributed by atoms with E-state index in [1.165, 1.54) is 22.3 Å². The van der Waals surface area contributed by atoms with Gasteiger partial charge >= 0.3 is 0 Å². The molecule has 3 aliphatic rings. The number of methoxy groups -OCH3 is 1. The van der Waals surface area contributed by atoms with Crippen molar-refractivity contribution in [3.8, 4) is 22.9 Å². The Hall–Kier alpha value is -4.61. The number of hydrogen-bond acceptors (Lipinski definition) is 10. The van der Waals surface area contributed by atoms with Crippen molar-refractivity contribution in [2.24, 2.45) is 0 Å². The van der Waals surface area contributed by atoms with Crippen LogP contribution in [0, 0.1) is 6.92 Å². The summed E-state index contributed by atoms with van der Waals surface area (Å²) in [5, 5.41) is 24.5. The number of nitrogens with one attached hydrogen (secondary N) is 1. The van der Waals surface area contributed by atoms with Crippen molar-refractivity contribution in [3.05, 3.63) is 101 Å². The number of likely N-dealkylation sites (tertiary alicyclic amines) is 2. The summed E-state index contributed by atoms with van der Waals surface area (Å²) in [5.41, 5.74) is 9.96. The van der Waals surface area contributed by atoms with E-state index < -0.39 is 0 Å². The molecule has 2 saturated heterocycles. The molecular weight excluding hydrogens is 628 g/mol. The minimum absolute atomic E-state index is 0.102. The zero-order valence-corrected chi connectivity index (χ0v) is 28.7. The Balaban J connectivity index is 1.01. The first-order valence-electron chi connectivity index (χ1n) is 17.7. The number of rotatable bonds is 10. The zero-order chi connectivity index (χ0) is 34.2. The molecule has 0 amide bonds. The standard InChI is InChI=1S/C40H44N6O4/c1-25-31(5-4-8-35(25)43-39-38-27(13-16-41-39)19-26(20-42-38)21-45-17-14-29(47)23-45)32-6-3-7-34-33(32)10-11-36(34)50-37-12-9-28(40(44-37)49-2)22-46-18-15-30(48)24-46/h3-9,12-13,16,19-20,29-30,36,47-48H,10-11,14-15,17-18,21-24H2,1-2H3,(H,41,43)/t29-,30-,36+/m1/s1. The fourth-order valence-corrected chi connectivity index (χ4v) is 7.84. The minimum atomic E-state index is -0.263. The number of aliphatic hydroxyl groups excluding tert-OH is 2. The highest BCUT2D eigenvalue weighted by molar-refractivity contribution is 5.91. The van der Waals surface area contributed by atoms with Gasteiger partial charge in [0.15, 0.2) is 5.82 Å². The molecule has 2 fully saturated rings. The number of benzene rings is 2. The van der Waals surface area contributed by atoms with Crippen LogP contribution in [0.5, 0.6) is 11.8 Å². The maximum atomic E-state index is 9.93. The minimum Gasteiger partial charge on any atom is -0.481 e. The van der Waals surface area contributed by atoms with E-state index >= 15 is 0 Å². The highest BCUT2D eigenvalue weighted by atomic mass is 16.5. The zero-order valence-electron chi connectivity index (χ0n) is 28.7. The number of β-amino-alcohol motifs (C(OH)–C–C–N with tert-alkyl or cyclic N) is 2. The SMILES string of the molecule is COc1nc(O[C@H]2CCc3c(-c4cccc(Nc5nccc6cc(CN7CC[C@@H](O)C7)cnc56)c4C)cccc32)ccc1CN1CC[C@@H](O)C1. The van der Waals surface area contributed by atoms with E-state index in [1.807, 2.05) is 30.6 Å². The summed E-state index contributed by atoms with van der Waals surface area (Å²) in [5.74, 6) is 1.84. The average molecular weight is 673 g/mol. The first-order valence-corrected chi connectivity index (χ1v) is 17.7. The van der Waals surface area contributed by atoms with Crippen molar-refractivity contribution in [3.63, 3.8) is 0 Å². The van der Waals surface area contributed by atoms with Crippen LogP contribution in [0.4, 0.5) is 11.5 Å². The molecular formula is C40H44N6O4. The lowest BCUT2D eigenvalue weighted by molar-refractivity contribution is 0.173. The maximum absolute atomic E-state index is 9.93. The van der Waals surface area contributed by atoms with Gasteiger partial charge in [-0.25, -0.2) is 4.98 Å². The lowest BCUT2D eigenvalue weighted by Crippen LogP contribution is -2.22. The Morgan fingerprint density at radius 3 is 2.44 bits per heavy atom. The molecule has 3 atom stereocenters. The van der Waals surface area contributed by atoms with E-state index in [9.17, 15) is 10.2 Å². The fraction of sp³-hybridized carbons (Fsp3) is 0.375. The molecule has 3 N–H and O–H groups in total. The number of aliphatic hydroxyl groups is 2. The van der Waals surface area contributed by atoms with Crippen molar-refractivity contribution in [2.45, 2.75) is 64.0 Å². The Kier molecular flexibility index (Phi) is 9.09. The molecule has 5 heterocycles. The first kappa shape index (κ1) is 32.6. The lowest BCUT2D eigenvalue weighted by Gasteiger charge is -2.19. The van der Waals surface area contributed by atoms with Crippen molar-refractivity contribution in [1.82, 2.24) is 24.8 Å². The Labute approximate surface area is 292 Å². The smallest absolute Gasteiger partial charge is 0.220 e. The molecule has 10 heteroatoms. The van der Waals surface area contributed by atoms with Crippen LogP contribution in [-0.2, 0) is 19.5 Å². The number of hydrogen-bond donors (Lipinski definition) is 3. The van der Waals surface area contributed by atoms with Crippen molar-refractivity contribution < 1.29 is 19.7 Å². The Morgan fingerprint density at radius 1 is 0.880 bits per heavy atom. The maximum Gasteiger partial charge on any atom is 0.220 e. The summed E-state index contributed by atoms with van der Waals surface area (Å²) in [4.78, 5) is 18.7. The van der Waals surface area contributed by atoms with Crippen LogP contribution in [0.3, 0.4) is 0 Å². The molecule has 1 aliphatic carbocycles. The molecule has 8 rings (SSSR count). The Bertz CT molecular complexity index is 2020. The first-order chi connectivity index (χ1) is 24.4. The summed E-state index contributed by atoms with van der Waals surface area (Å²) in [6.45, 7) is 6.78. The van der Waals surface area contributed by atoms with Crippen LogP contribution in [0.2, 0.25) is 0 Å². The van der Waals surface area contributed by atoms with Gasteiger partial charge in [-0.05, 0) is 90.3 Å². The average Bonchev–Trinajstić information content (AvgIpc) is 3.86. The van der Waals surface area contributed by atoms with E-state index in [2.05, 4.69) is 69.5 Å². The number of anilines is 2. The molecule has 50 heavy (non-hydrogen) atoms. The second-order valence-electron chi connectivity index (χ2n) is 13.9. The monoisotopic (exact) mass is 672 g/mol. The largest absolute Gasteiger partial charge is 0.481 e. The van der Waals surface area contributed by atoms with E-state index in [0.29, 0.717) is 31.4 Å². The van der Waals surface area contributed by atoms with Crippen LogP contribution in [-0.4, -0.2) is 80.5 Å². The van der Waals surface area contributed by atoms with Gasteiger partial charge in [0.2, 0.25) is 11.8 Å². The molecule has 10 nitrogen and oxygen atoms in total. The molecule has 2 aromatic carbocycles. The van der Waals surface area contributed by atoms with Gasteiger partial charge < -0.3 is 25.0 Å². The normalized spacial score (nSPS) is 20.8. The van der Waals surface area contributed by atoms with Crippen LogP contribution in [0.15, 0.2) is 73.1 Å². The fourth-order valence-electron chi connectivity index (χ4n) is 7.84. The van der Waals surface area contributed by atoms with Gasteiger partial charge in [-0.1, -0.05) is 30.3 Å². The van der Waals surface area contributed by atoms with Gasteiger partial charge in [0, 0.05) is 74.4 Å². The van der Waals surface area contributed by atoms with E-state index in [-0.39, 0.29) is 18.3 Å². The van der Waals surface area contributed by atoms with Gasteiger partial charge in [0.1, 0.15) is 11.6 Å². The second-order valence-corrected chi connectivity index (χ2v) is 13.9. The van der Waals surface area contributed by atoms with Gasteiger partial charge in [-0.15, -0.1) is 0 Å². The van der Waals surface area contributed by atoms with E-state index in [4.69, 9.17) is 19.4 Å². The van der Waals surface area contributed by atoms with Crippen LogP contribution < -0.4 is 14.8 Å². The number of fused-ring (bicyclic) bond motifs is 2. The summed E-state index contributed by atoms with van der Waals surface area (Å²) < 4.78 is 12.2. The highest BCUT2D eigenvalue weighted by Gasteiger charge is 2.28. The predicted octanol–water partition coefficient (Wildman–Crippen LogP) is 5.95. The van der Waals surface area contributed by atoms with Crippen LogP contribution in [0.1, 0.15) is 53.2 Å². The lowest BCUT2D eigenvalue weighted by atomic mass is 9.93. The summed E-state index contributed by atoms with van der Waals surface area (Å²) in [7, 11) is 1.64. The molecule has 0 saturated carbocycles. The molecule has 0 spiro atoms. The van der Waals surface area contributed by atoms with E-state index in [1.54, 1.807) is 7.11 Å². The third-order valence-electron chi connectivity index (χ3n) is 10.4. The molecule has 2 aliphatic heterocycles. The molecule has 0 radical (unpaired) electrons. The molecule has 0 bridgehead atoms. The number of ether oxygens (including phenoxy) is 2. The molecule has 258 valence electrons. The van der Waals surface area contributed by atoms with E-state index in [0.717, 1.165) is 84.4 Å². The molecule has 3 aromatic heterocycles. The highest BCUT2D eigenvalue weighted by Crippen LogP contribution is 2.42. The van der Waals surface area contributed by atoms with Gasteiger partial charge in [-0.3, -0.25) is 14.8 Å². The van der Waals surface area contributed by atoms with Crippen LogP contribution in [0.25, 0.3) is 22.0 Å². The number of aromatic nitrogens is 3.